The van der Waals surface area contributed by atoms with Crippen molar-refractivity contribution in [3.8, 4) is 11.5 Å². The molecule has 0 fully saturated rings. The zero-order valence-corrected chi connectivity index (χ0v) is 20.2. The van der Waals surface area contributed by atoms with E-state index in [9.17, 15) is 4.79 Å². The minimum Gasteiger partial charge on any atom is -0.436 e. The first-order chi connectivity index (χ1) is 15.9. The molecule has 7 heteroatoms. The summed E-state index contributed by atoms with van der Waals surface area (Å²) in [5.41, 5.74) is 5.49. The predicted octanol–water partition coefficient (Wildman–Crippen LogP) is 7.10. The van der Waals surface area contributed by atoms with Gasteiger partial charge in [-0.15, -0.1) is 0 Å². The zero-order chi connectivity index (χ0) is 23.5. The third-order valence-electron chi connectivity index (χ3n) is 5.67. The number of aryl methyl sites for hydroxylation is 1. The maximum absolute atomic E-state index is 12.5. The molecule has 2 N–H and O–H groups in total. The molecule has 4 rings (SSSR count). The lowest BCUT2D eigenvalue weighted by molar-refractivity contribution is 0.0977. The molecule has 1 atom stereocenters. The van der Waals surface area contributed by atoms with E-state index < -0.39 is 0 Å². The van der Waals surface area contributed by atoms with Gasteiger partial charge in [-0.1, -0.05) is 49.7 Å². The largest absolute Gasteiger partial charge is 0.436 e. The van der Waals surface area contributed by atoms with E-state index in [0.717, 1.165) is 28.6 Å². The average molecular weight is 478 g/mol. The molecule has 168 valence electrons. The summed E-state index contributed by atoms with van der Waals surface area (Å²) in [6.45, 7) is 6.23. The molecule has 1 aromatic heterocycles. The van der Waals surface area contributed by atoms with E-state index in [1.807, 2.05) is 37.3 Å². The first kappa shape index (κ1) is 23.0. The Kier molecular flexibility index (Phi) is 6.77. The van der Waals surface area contributed by atoms with Gasteiger partial charge in [-0.3, -0.25) is 10.1 Å². The molecular weight excluding hydrogens is 454 g/mol. The Hall–Kier alpha value is -3.22. The van der Waals surface area contributed by atoms with Gasteiger partial charge >= 0.3 is 0 Å². The van der Waals surface area contributed by atoms with Gasteiger partial charge in [-0.25, -0.2) is 4.98 Å². The summed E-state index contributed by atoms with van der Waals surface area (Å²) < 4.78 is 5.97. The number of hydrogen-bond donors (Lipinski definition) is 2. The highest BCUT2D eigenvalue weighted by Gasteiger charge is 2.15. The lowest BCUT2D eigenvalue weighted by Gasteiger charge is -2.12. The molecule has 0 radical (unpaired) electrons. The van der Waals surface area contributed by atoms with E-state index in [0.29, 0.717) is 28.1 Å². The highest BCUT2D eigenvalue weighted by Crippen LogP contribution is 2.31. The monoisotopic (exact) mass is 477 g/mol. The van der Waals surface area contributed by atoms with E-state index in [2.05, 4.69) is 41.6 Å². The maximum atomic E-state index is 12.5. The second kappa shape index (κ2) is 9.73. The van der Waals surface area contributed by atoms with Gasteiger partial charge in [-0.2, -0.15) is 0 Å². The Morgan fingerprint density at radius 3 is 2.70 bits per heavy atom. The summed E-state index contributed by atoms with van der Waals surface area (Å²) in [5.74, 6) is 0.659. The molecule has 5 nitrogen and oxygen atoms in total. The number of halogens is 1. The molecular formula is C26H24ClN3O2S. The third-order valence-corrected chi connectivity index (χ3v) is 6.21. The van der Waals surface area contributed by atoms with Gasteiger partial charge in [0.25, 0.3) is 5.91 Å². The number of amides is 1. The van der Waals surface area contributed by atoms with Crippen LogP contribution < -0.4 is 10.6 Å². The molecule has 0 spiro atoms. The fraction of sp³-hybridized carbons (Fsp3) is 0.192. The Labute approximate surface area is 203 Å². The summed E-state index contributed by atoms with van der Waals surface area (Å²) in [4.78, 5) is 17.2. The number of carbonyl (C=O) groups is 1. The van der Waals surface area contributed by atoms with Crippen molar-refractivity contribution in [2.24, 2.45) is 0 Å². The van der Waals surface area contributed by atoms with Gasteiger partial charge < -0.3 is 9.73 Å². The number of nitrogens with one attached hydrogen (secondary N) is 2. The fourth-order valence-electron chi connectivity index (χ4n) is 3.52. The zero-order valence-electron chi connectivity index (χ0n) is 18.6. The molecule has 0 aliphatic rings. The third kappa shape index (κ3) is 5.07. The lowest BCUT2D eigenvalue weighted by Crippen LogP contribution is -2.34. The highest BCUT2D eigenvalue weighted by molar-refractivity contribution is 7.80. The Morgan fingerprint density at radius 1 is 1.15 bits per heavy atom. The number of hydrogen-bond acceptors (Lipinski definition) is 4. The van der Waals surface area contributed by atoms with Crippen molar-refractivity contribution in [2.75, 3.05) is 5.32 Å². The van der Waals surface area contributed by atoms with Crippen LogP contribution in [0.25, 0.3) is 22.6 Å². The second-order valence-corrected chi connectivity index (χ2v) is 8.79. The first-order valence-electron chi connectivity index (χ1n) is 10.7. The fourth-order valence-corrected chi connectivity index (χ4v) is 3.88. The van der Waals surface area contributed by atoms with Gasteiger partial charge in [0.2, 0.25) is 5.89 Å². The molecule has 0 saturated heterocycles. The standard InChI is InChI=1S/C26H24ClN3O2S/c1-4-15(2)17-10-12-23-22(13-17)28-25(32-23)18-9-11-20(27)21(14-18)29-26(33)30-24(31)19-8-6-5-7-16(19)3/h5-15H,4H2,1-3H3,(H2,29,30,31,33)/t15-/m0/s1. The number of oxazole rings is 1. The summed E-state index contributed by atoms with van der Waals surface area (Å²) in [6.07, 6.45) is 1.06. The van der Waals surface area contributed by atoms with Gasteiger partial charge in [0.1, 0.15) is 5.52 Å². The van der Waals surface area contributed by atoms with Crippen LogP contribution in [0.5, 0.6) is 0 Å². The molecule has 0 aliphatic carbocycles. The number of benzene rings is 3. The topological polar surface area (TPSA) is 67.2 Å². The average Bonchev–Trinajstić information content (AvgIpc) is 3.23. The molecule has 1 amide bonds. The van der Waals surface area contributed by atoms with E-state index in [4.69, 9.17) is 28.2 Å². The van der Waals surface area contributed by atoms with Crippen LogP contribution in [0, 0.1) is 6.92 Å². The number of fused-ring (bicyclic) bond motifs is 1. The summed E-state index contributed by atoms with van der Waals surface area (Å²) >= 11 is 11.7. The predicted molar refractivity (Wildman–Crippen MR) is 138 cm³/mol. The second-order valence-electron chi connectivity index (χ2n) is 7.97. The molecule has 1 heterocycles. The van der Waals surface area contributed by atoms with E-state index in [1.54, 1.807) is 18.2 Å². The van der Waals surface area contributed by atoms with Crippen molar-refractivity contribution in [2.45, 2.75) is 33.1 Å². The van der Waals surface area contributed by atoms with Gasteiger partial charge in [-0.05, 0) is 79.0 Å². The Balaban J connectivity index is 1.55. The lowest BCUT2D eigenvalue weighted by atomic mass is 9.98. The normalized spacial score (nSPS) is 11.9. The SMILES string of the molecule is CC[C@H](C)c1ccc2oc(-c3ccc(Cl)c(NC(=S)NC(=O)c4ccccc4C)c3)nc2c1. The van der Waals surface area contributed by atoms with Crippen LogP contribution in [0.4, 0.5) is 5.69 Å². The van der Waals surface area contributed by atoms with E-state index in [-0.39, 0.29) is 11.0 Å². The number of thiocarbonyl (C=S) groups is 1. The number of aromatic nitrogens is 1. The minimum atomic E-state index is -0.283. The quantitative estimate of drug-likeness (QED) is 0.300. The summed E-state index contributed by atoms with van der Waals surface area (Å²) in [5, 5.41) is 6.31. The highest BCUT2D eigenvalue weighted by atomic mass is 35.5. The van der Waals surface area contributed by atoms with E-state index >= 15 is 0 Å². The number of carbonyl (C=O) groups excluding carboxylic acids is 1. The molecule has 33 heavy (non-hydrogen) atoms. The van der Waals surface area contributed by atoms with Crippen molar-refractivity contribution in [1.82, 2.24) is 10.3 Å². The van der Waals surface area contributed by atoms with Gasteiger partial charge in [0.05, 0.1) is 10.7 Å². The first-order valence-corrected chi connectivity index (χ1v) is 11.5. The smallest absolute Gasteiger partial charge is 0.257 e. The van der Waals surface area contributed by atoms with Crippen LogP contribution in [0.1, 0.15) is 47.7 Å². The minimum absolute atomic E-state index is 0.151. The summed E-state index contributed by atoms with van der Waals surface area (Å²) in [6, 6.07) is 18.8. The summed E-state index contributed by atoms with van der Waals surface area (Å²) in [7, 11) is 0. The van der Waals surface area contributed by atoms with Crippen LogP contribution in [0.3, 0.4) is 0 Å². The van der Waals surface area contributed by atoms with Crippen LogP contribution >= 0.6 is 23.8 Å². The van der Waals surface area contributed by atoms with Crippen molar-refractivity contribution in [3.63, 3.8) is 0 Å². The van der Waals surface area contributed by atoms with Crippen LogP contribution in [-0.4, -0.2) is 16.0 Å². The molecule has 3 aromatic carbocycles. The van der Waals surface area contributed by atoms with Gasteiger partial charge in [0, 0.05) is 11.1 Å². The number of rotatable bonds is 5. The number of anilines is 1. The Bertz CT molecular complexity index is 1350. The Morgan fingerprint density at radius 2 is 1.94 bits per heavy atom. The molecule has 0 saturated carbocycles. The van der Waals surface area contributed by atoms with Crippen LogP contribution in [-0.2, 0) is 0 Å². The van der Waals surface area contributed by atoms with Crippen molar-refractivity contribution in [1.29, 1.82) is 0 Å². The number of nitrogens with zero attached hydrogens (tertiary/aromatic N) is 1. The van der Waals surface area contributed by atoms with Crippen molar-refractivity contribution in [3.05, 3.63) is 82.4 Å². The van der Waals surface area contributed by atoms with E-state index in [1.165, 1.54) is 5.56 Å². The van der Waals surface area contributed by atoms with Crippen LogP contribution in [0.2, 0.25) is 5.02 Å². The molecule has 0 aliphatic heterocycles. The maximum Gasteiger partial charge on any atom is 0.257 e. The molecule has 0 unspecified atom stereocenters. The van der Waals surface area contributed by atoms with Gasteiger partial charge in [0.15, 0.2) is 10.7 Å². The molecule has 4 aromatic rings. The van der Waals surface area contributed by atoms with Crippen molar-refractivity contribution < 1.29 is 9.21 Å². The van der Waals surface area contributed by atoms with Crippen molar-refractivity contribution >= 4 is 51.6 Å². The molecule has 0 bridgehead atoms. The van der Waals surface area contributed by atoms with Crippen LogP contribution in [0.15, 0.2) is 65.1 Å².